The van der Waals surface area contributed by atoms with E-state index in [0.717, 1.165) is 18.5 Å². The molecule has 0 amide bonds. The third-order valence-electron chi connectivity index (χ3n) is 3.29. The van der Waals surface area contributed by atoms with Crippen LogP contribution in [-0.2, 0) is 0 Å². The lowest BCUT2D eigenvalue weighted by Gasteiger charge is -2.24. The number of nitro groups is 1. The Hall–Kier alpha value is -2.29. The van der Waals surface area contributed by atoms with Gasteiger partial charge in [0.05, 0.1) is 23.5 Å². The molecule has 6 heteroatoms. The number of nitriles is 1. The number of nitrogens with zero attached hydrogens (tertiary/aromatic N) is 3. The van der Waals surface area contributed by atoms with Crippen LogP contribution in [0.15, 0.2) is 18.2 Å². The van der Waals surface area contributed by atoms with Gasteiger partial charge in [-0.2, -0.15) is 5.26 Å². The van der Waals surface area contributed by atoms with E-state index in [2.05, 4.69) is 11.0 Å². The summed E-state index contributed by atoms with van der Waals surface area (Å²) in [6.45, 7) is 4.32. The van der Waals surface area contributed by atoms with Gasteiger partial charge in [-0.05, 0) is 32.8 Å². The van der Waals surface area contributed by atoms with E-state index in [0.29, 0.717) is 19.0 Å². The van der Waals surface area contributed by atoms with E-state index in [9.17, 15) is 10.1 Å². The van der Waals surface area contributed by atoms with E-state index in [4.69, 9.17) is 10.00 Å². The Morgan fingerprint density at radius 3 is 2.76 bits per heavy atom. The first-order valence-corrected chi connectivity index (χ1v) is 7.11. The molecule has 0 aliphatic heterocycles. The highest BCUT2D eigenvalue weighted by atomic mass is 16.6. The normalized spacial score (nSPS) is 13.8. The zero-order valence-corrected chi connectivity index (χ0v) is 12.3. The average molecular weight is 289 g/mol. The lowest BCUT2D eigenvalue weighted by atomic mass is 10.2. The molecule has 1 fully saturated rings. The summed E-state index contributed by atoms with van der Waals surface area (Å²) in [6, 6.07) is 7.52. The van der Waals surface area contributed by atoms with Crippen molar-refractivity contribution in [2.45, 2.75) is 45.3 Å². The number of hydrogen-bond acceptors (Lipinski definition) is 5. The smallest absolute Gasteiger partial charge is 0.311 e. The minimum atomic E-state index is -0.432. The molecule has 0 saturated heterocycles. The van der Waals surface area contributed by atoms with E-state index in [1.54, 1.807) is 12.1 Å². The molecule has 0 atom stereocenters. The van der Waals surface area contributed by atoms with E-state index in [-0.39, 0.29) is 17.5 Å². The van der Waals surface area contributed by atoms with Crippen LogP contribution in [0.4, 0.5) is 11.4 Å². The monoisotopic (exact) mass is 289 g/mol. The first-order chi connectivity index (χ1) is 10.0. The van der Waals surface area contributed by atoms with Gasteiger partial charge in [0.15, 0.2) is 5.75 Å². The Balaban J connectivity index is 2.30. The number of benzene rings is 1. The van der Waals surface area contributed by atoms with E-state index < -0.39 is 4.92 Å². The Kier molecular flexibility index (Phi) is 4.63. The third-order valence-corrected chi connectivity index (χ3v) is 3.29. The van der Waals surface area contributed by atoms with Crippen LogP contribution in [0.3, 0.4) is 0 Å². The van der Waals surface area contributed by atoms with Gasteiger partial charge in [0.2, 0.25) is 0 Å². The Bertz CT molecular complexity index is 562. The second-order valence-corrected chi connectivity index (χ2v) is 5.41. The van der Waals surface area contributed by atoms with Crippen LogP contribution >= 0.6 is 0 Å². The highest BCUT2D eigenvalue weighted by molar-refractivity contribution is 5.60. The van der Waals surface area contributed by atoms with Gasteiger partial charge in [-0.25, -0.2) is 0 Å². The molecular weight excluding hydrogens is 270 g/mol. The first kappa shape index (κ1) is 15.1. The van der Waals surface area contributed by atoms with Crippen LogP contribution in [0.25, 0.3) is 0 Å². The van der Waals surface area contributed by atoms with Gasteiger partial charge >= 0.3 is 5.69 Å². The quantitative estimate of drug-likeness (QED) is 0.568. The molecule has 6 nitrogen and oxygen atoms in total. The fourth-order valence-corrected chi connectivity index (χ4v) is 2.26. The summed E-state index contributed by atoms with van der Waals surface area (Å²) < 4.78 is 5.57. The summed E-state index contributed by atoms with van der Waals surface area (Å²) >= 11 is 0. The molecule has 0 heterocycles. The lowest BCUT2D eigenvalue weighted by Crippen LogP contribution is -2.26. The summed E-state index contributed by atoms with van der Waals surface area (Å²) in [5.41, 5.74) is 0.859. The van der Waals surface area contributed by atoms with Crippen molar-refractivity contribution in [1.82, 2.24) is 0 Å². The SMILES string of the molecule is CC(C)Oc1cc(N(CCC#N)C2CC2)ccc1[N+](=O)[O-]. The molecular formula is C15H19N3O3. The summed E-state index contributed by atoms with van der Waals surface area (Å²) in [5, 5.41) is 19.8. The van der Waals surface area contributed by atoms with Crippen molar-refractivity contribution in [1.29, 1.82) is 5.26 Å². The number of ether oxygens (including phenoxy) is 1. The van der Waals surface area contributed by atoms with Crippen LogP contribution < -0.4 is 9.64 Å². The van der Waals surface area contributed by atoms with E-state index >= 15 is 0 Å². The minimum Gasteiger partial charge on any atom is -0.484 e. The Labute approximate surface area is 124 Å². The molecule has 112 valence electrons. The van der Waals surface area contributed by atoms with Gasteiger partial charge in [0.25, 0.3) is 0 Å². The molecule has 0 N–H and O–H groups in total. The van der Waals surface area contributed by atoms with Crippen LogP contribution in [0.1, 0.15) is 33.1 Å². The topological polar surface area (TPSA) is 79.4 Å². The van der Waals surface area contributed by atoms with Crippen LogP contribution in [0.2, 0.25) is 0 Å². The van der Waals surface area contributed by atoms with Gasteiger partial charge in [0.1, 0.15) is 0 Å². The standard InChI is InChI=1S/C15H19N3O3/c1-11(2)21-15-10-13(6-7-14(15)18(19)20)17(9-3-8-16)12-4-5-12/h6-7,10-12H,3-5,9H2,1-2H3. The van der Waals surface area contributed by atoms with Crippen molar-refractivity contribution in [3.05, 3.63) is 28.3 Å². The molecule has 0 bridgehead atoms. The maximum absolute atomic E-state index is 11.1. The minimum absolute atomic E-state index is 0.0246. The van der Waals surface area contributed by atoms with Crippen molar-refractivity contribution in [2.24, 2.45) is 0 Å². The van der Waals surface area contributed by atoms with Gasteiger partial charge in [-0.15, -0.1) is 0 Å². The van der Waals surface area contributed by atoms with Crippen LogP contribution in [0, 0.1) is 21.4 Å². The predicted molar refractivity (Wildman–Crippen MR) is 79.5 cm³/mol. The van der Waals surface area contributed by atoms with Crippen molar-refractivity contribution >= 4 is 11.4 Å². The van der Waals surface area contributed by atoms with Gasteiger partial charge < -0.3 is 9.64 Å². The number of nitro benzene ring substituents is 1. The third kappa shape index (κ3) is 3.85. The fraction of sp³-hybridized carbons (Fsp3) is 0.533. The Morgan fingerprint density at radius 1 is 1.52 bits per heavy atom. The molecule has 2 rings (SSSR count). The number of hydrogen-bond donors (Lipinski definition) is 0. The second-order valence-electron chi connectivity index (χ2n) is 5.41. The van der Waals surface area contributed by atoms with Crippen molar-refractivity contribution in [3.63, 3.8) is 0 Å². The van der Waals surface area contributed by atoms with Gasteiger partial charge in [0, 0.05) is 30.4 Å². The van der Waals surface area contributed by atoms with Gasteiger partial charge in [-0.1, -0.05) is 0 Å². The largest absolute Gasteiger partial charge is 0.484 e. The molecule has 0 spiro atoms. The van der Waals surface area contributed by atoms with Crippen molar-refractivity contribution in [2.75, 3.05) is 11.4 Å². The summed E-state index contributed by atoms with van der Waals surface area (Å²) in [6.07, 6.45) is 2.51. The average Bonchev–Trinajstić information content (AvgIpc) is 3.23. The molecule has 0 unspecified atom stereocenters. The zero-order chi connectivity index (χ0) is 15.4. The maximum atomic E-state index is 11.1. The van der Waals surface area contributed by atoms with Crippen molar-refractivity contribution < 1.29 is 9.66 Å². The highest BCUT2D eigenvalue weighted by Gasteiger charge is 2.30. The Morgan fingerprint density at radius 2 is 2.24 bits per heavy atom. The molecule has 1 saturated carbocycles. The van der Waals surface area contributed by atoms with Crippen LogP contribution in [0.5, 0.6) is 5.75 Å². The lowest BCUT2D eigenvalue weighted by molar-refractivity contribution is -0.386. The molecule has 0 aromatic heterocycles. The highest BCUT2D eigenvalue weighted by Crippen LogP contribution is 2.37. The zero-order valence-electron chi connectivity index (χ0n) is 12.3. The molecule has 1 aliphatic rings. The van der Waals surface area contributed by atoms with Crippen LogP contribution in [-0.4, -0.2) is 23.6 Å². The fourth-order valence-electron chi connectivity index (χ4n) is 2.26. The van der Waals surface area contributed by atoms with Crippen molar-refractivity contribution in [3.8, 4) is 11.8 Å². The summed E-state index contributed by atoms with van der Waals surface area (Å²) in [5.74, 6) is 0.287. The van der Waals surface area contributed by atoms with E-state index in [1.165, 1.54) is 6.07 Å². The molecule has 0 radical (unpaired) electrons. The summed E-state index contributed by atoms with van der Waals surface area (Å²) in [4.78, 5) is 12.8. The first-order valence-electron chi connectivity index (χ1n) is 7.11. The number of rotatable bonds is 7. The number of anilines is 1. The molecule has 21 heavy (non-hydrogen) atoms. The molecule has 1 aliphatic carbocycles. The molecule has 1 aromatic rings. The second kappa shape index (κ2) is 6.44. The maximum Gasteiger partial charge on any atom is 0.311 e. The predicted octanol–water partition coefficient (Wildman–Crippen LogP) is 3.26. The molecule has 1 aromatic carbocycles. The van der Waals surface area contributed by atoms with E-state index in [1.807, 2.05) is 13.8 Å². The summed E-state index contributed by atoms with van der Waals surface area (Å²) in [7, 11) is 0. The van der Waals surface area contributed by atoms with Gasteiger partial charge in [-0.3, -0.25) is 10.1 Å².